The molecule has 0 nitrogen and oxygen atoms in total. The third-order valence-corrected chi connectivity index (χ3v) is 16.7. The normalized spacial score (nSPS) is 12.0. The van der Waals surface area contributed by atoms with Crippen molar-refractivity contribution in [3.05, 3.63) is 120 Å². The molecule has 0 saturated carbocycles. The van der Waals surface area contributed by atoms with Crippen molar-refractivity contribution >= 4 is 126 Å². The molecule has 56 heavy (non-hydrogen) atoms. The summed E-state index contributed by atoms with van der Waals surface area (Å²) in [7, 11) is 0. The van der Waals surface area contributed by atoms with Gasteiger partial charge in [0, 0.05) is 40.3 Å². The molecule has 0 aliphatic heterocycles. The highest BCUT2D eigenvalue weighted by Gasteiger charge is 2.15. The quantitative estimate of drug-likeness (QED) is 0.0961. The SMILES string of the molecule is CCCCCCCCc1ccc2sc3c4cc5ccccc5cc4sc3c2c1.CCCCCCCCc1ccc2sc3c4cc5ccccc5cc4sc3c2c1. The minimum Gasteiger partial charge on any atom is -0.134 e. The molecule has 4 heterocycles. The van der Waals surface area contributed by atoms with Gasteiger partial charge in [-0.3, -0.25) is 0 Å². The van der Waals surface area contributed by atoms with Crippen molar-refractivity contribution in [2.45, 2.75) is 104 Å². The summed E-state index contributed by atoms with van der Waals surface area (Å²) in [6.45, 7) is 4.57. The Bertz CT molecular complexity index is 2710. The van der Waals surface area contributed by atoms with E-state index in [0.717, 1.165) is 0 Å². The largest absolute Gasteiger partial charge is 0.134 e. The van der Waals surface area contributed by atoms with Gasteiger partial charge in [0.15, 0.2) is 0 Å². The maximum absolute atomic E-state index is 2.47. The van der Waals surface area contributed by atoms with Crippen molar-refractivity contribution in [2.24, 2.45) is 0 Å². The van der Waals surface area contributed by atoms with Gasteiger partial charge in [-0.15, -0.1) is 45.3 Å². The molecule has 0 N–H and O–H groups in total. The first-order valence-corrected chi connectivity index (χ1v) is 24.5. The van der Waals surface area contributed by atoms with E-state index >= 15 is 0 Å². The molecular formula is C52H52S4. The van der Waals surface area contributed by atoms with Gasteiger partial charge in [-0.1, -0.05) is 139 Å². The molecule has 0 radical (unpaired) electrons. The van der Waals surface area contributed by atoms with Crippen LogP contribution in [0, 0.1) is 0 Å². The van der Waals surface area contributed by atoms with Gasteiger partial charge in [-0.05, 0) is 107 Å². The van der Waals surface area contributed by atoms with E-state index in [-0.39, 0.29) is 0 Å². The van der Waals surface area contributed by atoms with Gasteiger partial charge in [0.1, 0.15) is 0 Å². The number of aryl methyl sites for hydroxylation is 2. The number of hydrogen-bond donors (Lipinski definition) is 0. The van der Waals surface area contributed by atoms with Crippen LogP contribution in [-0.2, 0) is 12.8 Å². The molecule has 0 saturated heterocycles. The topological polar surface area (TPSA) is 0 Å². The lowest BCUT2D eigenvalue weighted by Gasteiger charge is -2.02. The van der Waals surface area contributed by atoms with Crippen LogP contribution >= 0.6 is 45.3 Å². The van der Waals surface area contributed by atoms with Crippen molar-refractivity contribution in [2.75, 3.05) is 0 Å². The van der Waals surface area contributed by atoms with Crippen LogP contribution in [0.15, 0.2) is 109 Å². The highest BCUT2D eigenvalue weighted by atomic mass is 32.1. The molecule has 10 aromatic rings. The lowest BCUT2D eigenvalue weighted by molar-refractivity contribution is 0.607. The smallest absolute Gasteiger partial charge is 0.0542 e. The predicted octanol–water partition coefficient (Wildman–Crippen LogP) is 18.7. The van der Waals surface area contributed by atoms with E-state index in [9.17, 15) is 0 Å². The summed E-state index contributed by atoms with van der Waals surface area (Å²) in [6.07, 6.45) is 18.8. The Morgan fingerprint density at radius 2 is 0.661 bits per heavy atom. The van der Waals surface area contributed by atoms with Gasteiger partial charge >= 0.3 is 0 Å². The van der Waals surface area contributed by atoms with Crippen molar-refractivity contribution in [3.8, 4) is 0 Å². The summed E-state index contributed by atoms with van der Waals surface area (Å²) in [5.41, 5.74) is 3.01. The van der Waals surface area contributed by atoms with Crippen LogP contribution in [0.3, 0.4) is 0 Å². The van der Waals surface area contributed by atoms with E-state index in [1.165, 1.54) is 182 Å². The Balaban J connectivity index is 0.000000146. The van der Waals surface area contributed by atoms with Crippen LogP contribution in [0.4, 0.5) is 0 Å². The zero-order valence-electron chi connectivity index (χ0n) is 32.9. The Kier molecular flexibility index (Phi) is 11.7. The van der Waals surface area contributed by atoms with Crippen LogP contribution in [0.25, 0.3) is 80.7 Å². The predicted molar refractivity (Wildman–Crippen MR) is 259 cm³/mol. The Hall–Kier alpha value is -3.80. The molecule has 0 spiro atoms. The third kappa shape index (κ3) is 7.88. The van der Waals surface area contributed by atoms with E-state index < -0.39 is 0 Å². The Labute approximate surface area is 347 Å². The van der Waals surface area contributed by atoms with E-state index in [2.05, 4.69) is 123 Å². The van der Waals surface area contributed by atoms with E-state index in [4.69, 9.17) is 0 Å². The van der Waals surface area contributed by atoms with Crippen LogP contribution in [0.5, 0.6) is 0 Å². The second-order valence-corrected chi connectivity index (χ2v) is 20.0. The average Bonchev–Trinajstić information content (AvgIpc) is 3.97. The third-order valence-electron chi connectivity index (χ3n) is 11.7. The number of rotatable bonds is 14. The molecule has 0 aliphatic carbocycles. The molecular weight excluding hydrogens is 753 g/mol. The summed E-state index contributed by atoms with van der Waals surface area (Å²) in [5.74, 6) is 0. The van der Waals surface area contributed by atoms with Crippen LogP contribution in [0.1, 0.15) is 102 Å². The van der Waals surface area contributed by atoms with Crippen LogP contribution < -0.4 is 0 Å². The fourth-order valence-electron chi connectivity index (χ4n) is 8.51. The lowest BCUT2D eigenvalue weighted by atomic mass is 10.0. The lowest BCUT2D eigenvalue weighted by Crippen LogP contribution is -1.86. The second-order valence-electron chi connectivity index (χ2n) is 15.8. The highest BCUT2D eigenvalue weighted by Crippen LogP contribution is 2.47. The number of thiophene rings is 4. The van der Waals surface area contributed by atoms with Crippen LogP contribution in [0.2, 0.25) is 0 Å². The Morgan fingerprint density at radius 1 is 0.321 bits per heavy atom. The monoisotopic (exact) mass is 804 g/mol. The van der Waals surface area contributed by atoms with Gasteiger partial charge in [0.2, 0.25) is 0 Å². The maximum Gasteiger partial charge on any atom is 0.0542 e. The van der Waals surface area contributed by atoms with Gasteiger partial charge in [0.05, 0.1) is 18.8 Å². The minimum atomic E-state index is 1.22. The number of benzene rings is 6. The standard InChI is InChI=1S/2C26H26S2/c2*1-2-3-4-5-6-7-10-18-13-14-23-21(15-18)25-26(27-23)22-16-19-11-8-9-12-20(19)17-24(22)28-25/h2*8-9,11-17H,2-7,10H2,1H3. The zero-order chi connectivity index (χ0) is 37.8. The molecule has 284 valence electrons. The van der Waals surface area contributed by atoms with Crippen molar-refractivity contribution < 1.29 is 0 Å². The summed E-state index contributed by atoms with van der Waals surface area (Å²) in [6, 6.07) is 41.3. The fourth-order valence-corrected chi connectivity index (χ4v) is 13.8. The molecule has 0 unspecified atom stereocenters. The number of unbranched alkanes of at least 4 members (excludes halogenated alkanes) is 10. The van der Waals surface area contributed by atoms with Gasteiger partial charge in [-0.25, -0.2) is 0 Å². The zero-order valence-corrected chi connectivity index (χ0v) is 36.2. The molecule has 0 amide bonds. The summed E-state index contributed by atoms with van der Waals surface area (Å²) >= 11 is 7.86. The van der Waals surface area contributed by atoms with E-state index in [1.807, 2.05) is 45.3 Å². The van der Waals surface area contributed by atoms with Crippen molar-refractivity contribution in [3.63, 3.8) is 0 Å². The van der Waals surface area contributed by atoms with E-state index in [1.54, 1.807) is 0 Å². The highest BCUT2D eigenvalue weighted by molar-refractivity contribution is 7.37. The fraction of sp³-hybridized carbons (Fsp3) is 0.308. The first-order chi connectivity index (χ1) is 27.7. The molecule has 0 aliphatic rings. The molecule has 4 aromatic heterocycles. The molecule has 0 bridgehead atoms. The summed E-state index contributed by atoms with van der Waals surface area (Å²) < 4.78 is 11.6. The van der Waals surface area contributed by atoms with Crippen LogP contribution in [-0.4, -0.2) is 0 Å². The minimum absolute atomic E-state index is 1.22. The molecule has 6 aromatic carbocycles. The first-order valence-electron chi connectivity index (χ1n) is 21.2. The molecule has 0 fully saturated rings. The van der Waals surface area contributed by atoms with Gasteiger partial charge < -0.3 is 0 Å². The second kappa shape index (κ2) is 17.4. The first kappa shape index (κ1) is 37.8. The number of fused-ring (bicyclic) bond motifs is 12. The summed E-state index contributed by atoms with van der Waals surface area (Å²) in [4.78, 5) is 0. The average molecular weight is 805 g/mol. The molecule has 0 atom stereocenters. The molecule has 10 rings (SSSR count). The van der Waals surface area contributed by atoms with Crippen molar-refractivity contribution in [1.29, 1.82) is 0 Å². The summed E-state index contributed by atoms with van der Waals surface area (Å²) in [5, 5.41) is 11.2. The maximum atomic E-state index is 2.47. The molecule has 4 heteroatoms. The van der Waals surface area contributed by atoms with Crippen molar-refractivity contribution in [1.82, 2.24) is 0 Å². The van der Waals surface area contributed by atoms with Gasteiger partial charge in [-0.2, -0.15) is 0 Å². The van der Waals surface area contributed by atoms with Gasteiger partial charge in [0.25, 0.3) is 0 Å². The Morgan fingerprint density at radius 3 is 1.07 bits per heavy atom. The van der Waals surface area contributed by atoms with E-state index in [0.29, 0.717) is 0 Å². The number of hydrogen-bond acceptors (Lipinski definition) is 4.